The van der Waals surface area contributed by atoms with E-state index in [1.165, 1.54) is 0 Å². The Bertz CT molecular complexity index is 847. The summed E-state index contributed by atoms with van der Waals surface area (Å²) >= 11 is 0. The summed E-state index contributed by atoms with van der Waals surface area (Å²) in [5.74, 6) is -1.89. The van der Waals surface area contributed by atoms with Crippen LogP contribution in [0, 0.1) is 0 Å². The number of amides is 4. The van der Waals surface area contributed by atoms with Gasteiger partial charge in [0.05, 0.1) is 11.1 Å². The zero-order valence-corrected chi connectivity index (χ0v) is 15.9. The zero-order valence-electron chi connectivity index (χ0n) is 15.9. The van der Waals surface area contributed by atoms with Crippen molar-refractivity contribution in [2.24, 2.45) is 0 Å². The normalized spacial score (nSPS) is 25.3. The number of nitrogens with one attached hydrogen (secondary N) is 2. The van der Waals surface area contributed by atoms with E-state index in [0.717, 1.165) is 36.4 Å². The summed E-state index contributed by atoms with van der Waals surface area (Å²) in [4.78, 5) is 52.4. The van der Waals surface area contributed by atoms with Crippen molar-refractivity contribution in [1.82, 2.24) is 20.4 Å². The fourth-order valence-corrected chi connectivity index (χ4v) is 4.24. The van der Waals surface area contributed by atoms with Crippen LogP contribution in [0.1, 0.15) is 52.0 Å². The second kappa shape index (κ2) is 7.44. The molecule has 28 heavy (non-hydrogen) atoms. The van der Waals surface area contributed by atoms with E-state index in [9.17, 15) is 19.2 Å². The monoisotopic (exact) mass is 384 g/mol. The minimum atomic E-state index is -0.926. The van der Waals surface area contributed by atoms with Crippen LogP contribution in [0.4, 0.5) is 0 Å². The number of benzene rings is 1. The van der Waals surface area contributed by atoms with Gasteiger partial charge in [-0.2, -0.15) is 0 Å². The van der Waals surface area contributed by atoms with E-state index in [4.69, 9.17) is 0 Å². The maximum Gasteiger partial charge on any atom is 0.262 e. The Morgan fingerprint density at radius 3 is 2.61 bits per heavy atom. The number of imide groups is 2. The van der Waals surface area contributed by atoms with Crippen molar-refractivity contribution in [3.8, 4) is 0 Å². The highest BCUT2D eigenvalue weighted by Crippen LogP contribution is 2.28. The Morgan fingerprint density at radius 2 is 1.89 bits per heavy atom. The molecule has 0 aliphatic carbocycles. The van der Waals surface area contributed by atoms with Gasteiger partial charge in [0.1, 0.15) is 6.04 Å². The summed E-state index contributed by atoms with van der Waals surface area (Å²) in [7, 11) is 2.06. The first-order chi connectivity index (χ1) is 13.5. The molecule has 0 bridgehead atoms. The van der Waals surface area contributed by atoms with Crippen molar-refractivity contribution >= 4 is 23.6 Å². The maximum absolute atomic E-state index is 12.9. The van der Waals surface area contributed by atoms with E-state index in [-0.39, 0.29) is 18.7 Å². The van der Waals surface area contributed by atoms with Crippen molar-refractivity contribution in [3.63, 3.8) is 0 Å². The lowest BCUT2D eigenvalue weighted by Crippen LogP contribution is -2.54. The predicted molar refractivity (Wildman–Crippen MR) is 100 cm³/mol. The summed E-state index contributed by atoms with van der Waals surface area (Å²) in [6.07, 6.45) is 2.57. The third-order valence-corrected chi connectivity index (χ3v) is 5.83. The van der Waals surface area contributed by atoms with Crippen molar-refractivity contribution in [1.29, 1.82) is 0 Å². The van der Waals surface area contributed by atoms with E-state index in [1.807, 2.05) is 6.07 Å². The molecular weight excluding hydrogens is 360 g/mol. The number of fused-ring (bicyclic) bond motifs is 1. The Balaban J connectivity index is 1.52. The largest absolute Gasteiger partial charge is 0.315 e. The summed E-state index contributed by atoms with van der Waals surface area (Å²) in [5, 5.41) is 5.61. The Hall–Kier alpha value is -2.58. The first-order valence-electron chi connectivity index (χ1n) is 9.71. The molecule has 0 saturated carbocycles. The Kier molecular flexibility index (Phi) is 4.99. The first-order valence-corrected chi connectivity index (χ1v) is 9.71. The Morgan fingerprint density at radius 1 is 1.11 bits per heavy atom. The molecule has 3 heterocycles. The van der Waals surface area contributed by atoms with Crippen LogP contribution in [-0.4, -0.2) is 65.6 Å². The number of likely N-dealkylation sites (N-methyl/N-ethyl adjacent to an activating group) is 1. The van der Waals surface area contributed by atoms with Crippen LogP contribution in [0.5, 0.6) is 0 Å². The molecule has 8 heteroatoms. The van der Waals surface area contributed by atoms with Gasteiger partial charge in [-0.1, -0.05) is 6.07 Å². The van der Waals surface area contributed by atoms with Crippen LogP contribution in [0.2, 0.25) is 0 Å². The first kappa shape index (κ1) is 18.8. The average molecular weight is 384 g/mol. The molecule has 2 N–H and O–H groups in total. The second-order valence-electron chi connectivity index (χ2n) is 7.74. The lowest BCUT2D eigenvalue weighted by atomic mass is 10.0. The van der Waals surface area contributed by atoms with Gasteiger partial charge in [0, 0.05) is 25.6 Å². The van der Waals surface area contributed by atoms with Gasteiger partial charge in [-0.05, 0) is 50.6 Å². The molecule has 0 radical (unpaired) electrons. The van der Waals surface area contributed by atoms with Gasteiger partial charge in [-0.3, -0.25) is 34.3 Å². The van der Waals surface area contributed by atoms with E-state index >= 15 is 0 Å². The molecule has 2 atom stereocenters. The standard InChI is InChI=1S/C20H24N4O4/c1-23(13-3-2-8-21-10-13)11-12-4-5-14-15(9-12)20(28)24(19(14)27)16-6-7-17(25)22-18(16)26/h4-5,9,13,16,21H,2-3,6-8,10-11H2,1H3,(H,22,25,26)/t13-,16?/m1/s1. The van der Waals surface area contributed by atoms with Crippen molar-refractivity contribution in [2.45, 2.75) is 44.3 Å². The van der Waals surface area contributed by atoms with Crippen molar-refractivity contribution in [2.75, 3.05) is 20.1 Å². The fraction of sp³-hybridized carbons (Fsp3) is 0.500. The molecule has 0 spiro atoms. The second-order valence-corrected chi connectivity index (χ2v) is 7.74. The molecule has 3 aliphatic rings. The molecule has 4 amide bonds. The van der Waals surface area contributed by atoms with Crippen molar-refractivity contribution < 1.29 is 19.2 Å². The Labute approximate surface area is 163 Å². The zero-order chi connectivity index (χ0) is 19.8. The van der Waals surface area contributed by atoms with Crippen LogP contribution < -0.4 is 10.6 Å². The lowest BCUT2D eigenvalue weighted by Gasteiger charge is -2.31. The minimum Gasteiger partial charge on any atom is -0.315 e. The molecule has 2 saturated heterocycles. The summed E-state index contributed by atoms with van der Waals surface area (Å²) in [5.41, 5.74) is 1.61. The maximum atomic E-state index is 12.9. The smallest absolute Gasteiger partial charge is 0.262 e. The van der Waals surface area contributed by atoms with Crippen LogP contribution in [-0.2, 0) is 16.1 Å². The number of nitrogens with zero attached hydrogens (tertiary/aromatic N) is 2. The van der Waals surface area contributed by atoms with Gasteiger partial charge >= 0.3 is 0 Å². The van der Waals surface area contributed by atoms with Crippen LogP contribution in [0.25, 0.3) is 0 Å². The molecule has 2 fully saturated rings. The number of piperidine rings is 2. The summed E-state index contributed by atoms with van der Waals surface area (Å²) < 4.78 is 0. The SMILES string of the molecule is CN(Cc1ccc2c(c1)C(=O)N(C1CCC(=O)NC1=O)C2=O)[C@@H]1CCCNC1. The summed E-state index contributed by atoms with van der Waals surface area (Å²) in [6.45, 7) is 2.68. The average Bonchev–Trinajstić information content (AvgIpc) is 2.93. The van der Waals surface area contributed by atoms with Gasteiger partial charge in [0.2, 0.25) is 11.8 Å². The van der Waals surface area contributed by atoms with Gasteiger partial charge in [0.25, 0.3) is 11.8 Å². The van der Waals surface area contributed by atoms with E-state index in [1.54, 1.807) is 12.1 Å². The van der Waals surface area contributed by atoms with Gasteiger partial charge in [-0.25, -0.2) is 0 Å². The molecule has 8 nitrogen and oxygen atoms in total. The van der Waals surface area contributed by atoms with Crippen LogP contribution in [0.3, 0.4) is 0 Å². The molecular formula is C20H24N4O4. The molecule has 1 aromatic carbocycles. The number of carbonyl (C=O) groups excluding carboxylic acids is 4. The molecule has 4 rings (SSSR count). The summed E-state index contributed by atoms with van der Waals surface area (Å²) in [6, 6.07) is 4.81. The highest BCUT2D eigenvalue weighted by Gasteiger charge is 2.44. The van der Waals surface area contributed by atoms with Gasteiger partial charge in [-0.15, -0.1) is 0 Å². The molecule has 0 aromatic heterocycles. The number of hydrogen-bond donors (Lipinski definition) is 2. The topological polar surface area (TPSA) is 98.8 Å². The minimum absolute atomic E-state index is 0.120. The van der Waals surface area contributed by atoms with Crippen LogP contribution in [0.15, 0.2) is 18.2 Å². The van der Waals surface area contributed by atoms with Gasteiger partial charge < -0.3 is 5.32 Å². The quantitative estimate of drug-likeness (QED) is 0.723. The number of rotatable bonds is 4. The third-order valence-electron chi connectivity index (χ3n) is 5.83. The number of carbonyl (C=O) groups is 4. The fourth-order valence-electron chi connectivity index (χ4n) is 4.24. The molecule has 1 unspecified atom stereocenters. The van der Waals surface area contributed by atoms with Gasteiger partial charge in [0.15, 0.2) is 0 Å². The lowest BCUT2D eigenvalue weighted by molar-refractivity contribution is -0.136. The number of hydrogen-bond acceptors (Lipinski definition) is 6. The highest BCUT2D eigenvalue weighted by atomic mass is 16.2. The molecule has 3 aliphatic heterocycles. The van der Waals surface area contributed by atoms with E-state index in [0.29, 0.717) is 23.7 Å². The van der Waals surface area contributed by atoms with Crippen molar-refractivity contribution in [3.05, 3.63) is 34.9 Å². The van der Waals surface area contributed by atoms with Crippen LogP contribution >= 0.6 is 0 Å². The molecule has 1 aromatic rings. The highest BCUT2D eigenvalue weighted by molar-refractivity contribution is 6.23. The molecule has 148 valence electrons. The van der Waals surface area contributed by atoms with E-state index in [2.05, 4.69) is 22.6 Å². The third kappa shape index (κ3) is 3.33. The van der Waals surface area contributed by atoms with E-state index < -0.39 is 23.8 Å². The predicted octanol–water partition coefficient (Wildman–Crippen LogP) is 0.272.